The van der Waals surface area contributed by atoms with Crippen molar-refractivity contribution in [3.8, 4) is 0 Å². The maximum atomic E-state index is 13.2. The molecule has 1 aromatic heterocycles. The van der Waals surface area contributed by atoms with Gasteiger partial charge in [0.25, 0.3) is 0 Å². The van der Waals surface area contributed by atoms with E-state index in [1.807, 2.05) is 101 Å². The van der Waals surface area contributed by atoms with Gasteiger partial charge in [0, 0.05) is 12.5 Å². The second-order valence-electron chi connectivity index (χ2n) is 9.27. The highest BCUT2D eigenvalue weighted by Crippen LogP contribution is 2.47. The molecule has 7 heteroatoms. The van der Waals surface area contributed by atoms with Gasteiger partial charge in [-0.3, -0.25) is 4.90 Å². The van der Waals surface area contributed by atoms with Crippen LogP contribution in [0.15, 0.2) is 103 Å². The SMILES string of the molecule is CCOC(=O)C1=C(O)CC(c2ccccc2)N(C(O)C(C)n2cnc3ccccc32)C1c1ccccc1. The van der Waals surface area contributed by atoms with Gasteiger partial charge in [-0.05, 0) is 37.1 Å². The molecule has 7 nitrogen and oxygen atoms in total. The molecule has 190 valence electrons. The minimum Gasteiger partial charge on any atom is -0.512 e. The molecule has 4 unspecified atom stereocenters. The summed E-state index contributed by atoms with van der Waals surface area (Å²) in [5, 5.41) is 23.3. The molecule has 0 bridgehead atoms. The van der Waals surface area contributed by atoms with E-state index in [1.54, 1.807) is 13.3 Å². The Labute approximate surface area is 216 Å². The van der Waals surface area contributed by atoms with Crippen molar-refractivity contribution < 1.29 is 19.7 Å². The number of hydrogen-bond donors (Lipinski definition) is 2. The number of rotatable bonds is 7. The summed E-state index contributed by atoms with van der Waals surface area (Å²) in [7, 11) is 0. The molecule has 2 heterocycles. The molecule has 4 aromatic rings. The lowest BCUT2D eigenvalue weighted by molar-refractivity contribution is -0.142. The third-order valence-electron chi connectivity index (χ3n) is 7.08. The van der Waals surface area contributed by atoms with E-state index in [-0.39, 0.29) is 24.4 Å². The molecule has 3 aromatic carbocycles. The molecule has 5 rings (SSSR count). The van der Waals surface area contributed by atoms with Crippen molar-refractivity contribution in [3.05, 3.63) is 114 Å². The number of ether oxygens (including phenoxy) is 1. The molecule has 0 amide bonds. The number of nitrogens with zero attached hydrogens (tertiary/aromatic N) is 3. The summed E-state index contributed by atoms with van der Waals surface area (Å²) in [6.45, 7) is 3.85. The van der Waals surface area contributed by atoms with Gasteiger partial charge in [0.15, 0.2) is 0 Å². The van der Waals surface area contributed by atoms with E-state index in [2.05, 4.69) is 4.98 Å². The first-order valence-corrected chi connectivity index (χ1v) is 12.6. The van der Waals surface area contributed by atoms with Crippen LogP contribution < -0.4 is 0 Å². The lowest BCUT2D eigenvalue weighted by atomic mass is 9.85. The standard InChI is InChI=1S/C30H31N3O4/c1-3-37-30(36)27-26(34)18-25(21-12-6-4-7-13-21)33(28(27)22-14-8-5-9-15-22)29(35)20(2)32-19-31-23-16-10-11-17-24(23)32/h4-17,19-20,25,28-29,34-35H,3,18H2,1-2H3. The normalized spacial score (nSPS) is 20.1. The van der Waals surface area contributed by atoms with Gasteiger partial charge in [-0.25, -0.2) is 9.78 Å². The first-order valence-electron chi connectivity index (χ1n) is 12.6. The minimum absolute atomic E-state index is 0.0228. The summed E-state index contributed by atoms with van der Waals surface area (Å²) in [5.74, 6) is -0.608. The van der Waals surface area contributed by atoms with Gasteiger partial charge in [-0.15, -0.1) is 0 Å². The zero-order valence-electron chi connectivity index (χ0n) is 20.9. The highest BCUT2D eigenvalue weighted by molar-refractivity contribution is 5.91. The molecule has 37 heavy (non-hydrogen) atoms. The number of hydrogen-bond acceptors (Lipinski definition) is 6. The van der Waals surface area contributed by atoms with Gasteiger partial charge in [0.05, 0.1) is 41.6 Å². The van der Waals surface area contributed by atoms with Crippen molar-refractivity contribution >= 4 is 17.0 Å². The largest absolute Gasteiger partial charge is 0.512 e. The third kappa shape index (κ3) is 4.63. The molecular formula is C30H31N3O4. The lowest BCUT2D eigenvalue weighted by Gasteiger charge is -2.46. The fraction of sp³-hybridized carbons (Fsp3) is 0.267. The Morgan fingerprint density at radius 3 is 2.30 bits per heavy atom. The van der Waals surface area contributed by atoms with Crippen molar-refractivity contribution in [2.45, 2.75) is 44.6 Å². The number of carbonyl (C=O) groups excluding carboxylic acids is 1. The van der Waals surface area contributed by atoms with Gasteiger partial charge in [0.1, 0.15) is 12.0 Å². The van der Waals surface area contributed by atoms with Gasteiger partial charge in [-0.1, -0.05) is 72.8 Å². The van der Waals surface area contributed by atoms with Crippen molar-refractivity contribution in [1.29, 1.82) is 0 Å². The molecule has 0 aliphatic carbocycles. The van der Waals surface area contributed by atoms with Crippen LogP contribution in [0.5, 0.6) is 0 Å². The molecule has 0 fully saturated rings. The second-order valence-corrected chi connectivity index (χ2v) is 9.27. The quantitative estimate of drug-likeness (QED) is 0.329. The number of aliphatic hydroxyl groups is 2. The average molecular weight is 498 g/mol. The van der Waals surface area contributed by atoms with Crippen LogP contribution in [-0.2, 0) is 9.53 Å². The van der Waals surface area contributed by atoms with E-state index in [4.69, 9.17) is 4.74 Å². The van der Waals surface area contributed by atoms with Crippen LogP contribution >= 0.6 is 0 Å². The van der Waals surface area contributed by atoms with Gasteiger partial charge < -0.3 is 19.5 Å². The van der Waals surface area contributed by atoms with Crippen LogP contribution in [0.3, 0.4) is 0 Å². The summed E-state index contributed by atoms with van der Waals surface area (Å²) in [6, 6.07) is 25.5. The van der Waals surface area contributed by atoms with E-state index >= 15 is 0 Å². The maximum absolute atomic E-state index is 13.2. The number of aromatic nitrogens is 2. The third-order valence-corrected chi connectivity index (χ3v) is 7.08. The molecule has 4 atom stereocenters. The average Bonchev–Trinajstić information content (AvgIpc) is 3.37. The fourth-order valence-corrected chi connectivity index (χ4v) is 5.30. The molecule has 1 aliphatic heterocycles. The first-order chi connectivity index (χ1) is 18.0. The summed E-state index contributed by atoms with van der Waals surface area (Å²) < 4.78 is 7.33. The van der Waals surface area contributed by atoms with E-state index in [0.717, 1.165) is 22.2 Å². The number of esters is 1. The number of carbonyl (C=O) groups is 1. The zero-order chi connectivity index (χ0) is 25.9. The molecule has 2 N–H and O–H groups in total. The first kappa shape index (κ1) is 24.7. The zero-order valence-corrected chi connectivity index (χ0v) is 20.9. The van der Waals surface area contributed by atoms with Crippen LogP contribution in [0.2, 0.25) is 0 Å². The van der Waals surface area contributed by atoms with Crippen LogP contribution in [0.4, 0.5) is 0 Å². The maximum Gasteiger partial charge on any atom is 0.339 e. The monoisotopic (exact) mass is 497 g/mol. The van der Waals surface area contributed by atoms with Gasteiger partial charge in [0.2, 0.25) is 0 Å². The topological polar surface area (TPSA) is 87.8 Å². The van der Waals surface area contributed by atoms with Crippen LogP contribution in [0.25, 0.3) is 11.0 Å². The summed E-state index contributed by atoms with van der Waals surface area (Å²) >= 11 is 0. The molecular weight excluding hydrogens is 466 g/mol. The van der Waals surface area contributed by atoms with E-state index in [1.165, 1.54) is 0 Å². The Morgan fingerprint density at radius 2 is 1.62 bits per heavy atom. The molecule has 0 spiro atoms. The number of para-hydroxylation sites is 2. The summed E-state index contributed by atoms with van der Waals surface area (Å²) in [4.78, 5) is 19.7. The summed E-state index contributed by atoms with van der Waals surface area (Å²) in [6.07, 6.45) is 0.859. The predicted octanol–water partition coefficient (Wildman–Crippen LogP) is 5.48. The predicted molar refractivity (Wildman–Crippen MR) is 142 cm³/mol. The Balaban J connectivity index is 1.67. The molecule has 1 aliphatic rings. The smallest absolute Gasteiger partial charge is 0.339 e. The van der Waals surface area contributed by atoms with Crippen molar-refractivity contribution in [2.24, 2.45) is 0 Å². The van der Waals surface area contributed by atoms with Crippen molar-refractivity contribution in [3.63, 3.8) is 0 Å². The van der Waals surface area contributed by atoms with Crippen molar-refractivity contribution in [2.75, 3.05) is 6.61 Å². The molecule has 0 radical (unpaired) electrons. The Hall–Kier alpha value is -3.94. The Morgan fingerprint density at radius 1 is 1.00 bits per heavy atom. The lowest BCUT2D eigenvalue weighted by Crippen LogP contribution is -2.49. The van der Waals surface area contributed by atoms with Crippen molar-refractivity contribution in [1.82, 2.24) is 14.5 Å². The number of fused-ring (bicyclic) bond motifs is 1. The van der Waals surface area contributed by atoms with E-state index in [9.17, 15) is 15.0 Å². The second kappa shape index (κ2) is 10.6. The van der Waals surface area contributed by atoms with E-state index < -0.39 is 30.3 Å². The minimum atomic E-state index is -1.04. The number of benzene rings is 3. The molecule has 0 saturated heterocycles. The van der Waals surface area contributed by atoms with E-state index in [0.29, 0.717) is 0 Å². The van der Waals surface area contributed by atoms with Gasteiger partial charge >= 0.3 is 5.97 Å². The Bertz CT molecular complexity index is 1400. The van der Waals surface area contributed by atoms with Gasteiger partial charge in [-0.2, -0.15) is 0 Å². The fourth-order valence-electron chi connectivity index (χ4n) is 5.30. The highest BCUT2D eigenvalue weighted by Gasteiger charge is 2.45. The number of aliphatic hydroxyl groups excluding tert-OH is 2. The van der Waals surface area contributed by atoms with Crippen LogP contribution in [0.1, 0.15) is 49.5 Å². The Kier molecular flexibility index (Phi) is 7.08. The highest BCUT2D eigenvalue weighted by atomic mass is 16.5. The van der Waals surface area contributed by atoms with Crippen LogP contribution in [-0.4, -0.2) is 43.5 Å². The molecule has 0 saturated carbocycles. The number of imidazole rings is 1. The summed E-state index contributed by atoms with van der Waals surface area (Å²) in [5.41, 5.74) is 3.60. The van der Waals surface area contributed by atoms with Crippen LogP contribution in [0, 0.1) is 0 Å².